The molecule has 3 aromatic rings. The number of benzene rings is 1. The molecule has 140 valence electrons. The van der Waals surface area contributed by atoms with E-state index >= 15 is 0 Å². The van der Waals surface area contributed by atoms with Crippen molar-refractivity contribution in [2.24, 2.45) is 0 Å². The number of sulfone groups is 1. The predicted octanol–water partition coefficient (Wildman–Crippen LogP) is 1.40. The first kappa shape index (κ1) is 16.5. The minimum Gasteiger partial charge on any atom is -0.346 e. The Morgan fingerprint density at radius 2 is 2.07 bits per heavy atom. The number of aromatic nitrogens is 4. The van der Waals surface area contributed by atoms with Crippen LogP contribution in [0.3, 0.4) is 0 Å². The predicted molar refractivity (Wildman–Crippen MR) is 99.2 cm³/mol. The van der Waals surface area contributed by atoms with E-state index in [1.807, 2.05) is 10.8 Å². The summed E-state index contributed by atoms with van der Waals surface area (Å²) in [5.74, 6) is 1.01. The monoisotopic (exact) mass is 385 g/mol. The van der Waals surface area contributed by atoms with Gasteiger partial charge >= 0.3 is 0 Å². The first-order valence-corrected chi connectivity index (χ1v) is 10.8. The van der Waals surface area contributed by atoms with E-state index < -0.39 is 15.9 Å². The largest absolute Gasteiger partial charge is 0.346 e. The molecule has 0 unspecified atom stereocenters. The van der Waals surface area contributed by atoms with Crippen LogP contribution in [-0.4, -0.2) is 51.4 Å². The Morgan fingerprint density at radius 3 is 2.89 bits per heavy atom. The molecule has 2 N–H and O–H groups in total. The third-order valence-electron chi connectivity index (χ3n) is 5.32. The Bertz CT molecular complexity index is 1130. The standard InChI is InChI=1S/C18H19N5O3S/c24-18(12-3-4-13-14(7-12)21-10-20-13)22-15-8-27(25,26)9-16(15)23-6-5-19-17(23)11-1-2-11/h3-7,10-11,15-16H,1-2,8-9H2,(H,20,21)(H,22,24)/t15-,16+/m0/s1. The van der Waals surface area contributed by atoms with Gasteiger partial charge in [-0.25, -0.2) is 18.4 Å². The van der Waals surface area contributed by atoms with E-state index in [-0.39, 0.29) is 23.5 Å². The Kier molecular flexibility index (Phi) is 3.61. The van der Waals surface area contributed by atoms with Gasteiger partial charge in [-0.3, -0.25) is 4.79 Å². The van der Waals surface area contributed by atoms with E-state index in [0.717, 1.165) is 29.7 Å². The zero-order valence-electron chi connectivity index (χ0n) is 14.5. The average Bonchev–Trinajstić information content (AvgIpc) is 3.05. The van der Waals surface area contributed by atoms with Gasteiger partial charge in [0.2, 0.25) is 0 Å². The lowest BCUT2D eigenvalue weighted by atomic mass is 10.1. The molecule has 9 heteroatoms. The number of imidazole rings is 2. The molecule has 2 aliphatic rings. The summed E-state index contributed by atoms with van der Waals surface area (Å²) in [4.78, 5) is 24.3. The summed E-state index contributed by atoms with van der Waals surface area (Å²) < 4.78 is 26.6. The highest BCUT2D eigenvalue weighted by atomic mass is 32.2. The fourth-order valence-electron chi connectivity index (χ4n) is 3.83. The van der Waals surface area contributed by atoms with Crippen molar-refractivity contribution >= 4 is 26.8 Å². The molecule has 1 saturated heterocycles. The summed E-state index contributed by atoms with van der Waals surface area (Å²) in [6.45, 7) is 0. The molecule has 5 rings (SSSR count). The number of amides is 1. The van der Waals surface area contributed by atoms with E-state index in [4.69, 9.17) is 0 Å². The van der Waals surface area contributed by atoms with Gasteiger partial charge in [-0.05, 0) is 31.0 Å². The summed E-state index contributed by atoms with van der Waals surface area (Å²) in [6.07, 6.45) is 7.28. The average molecular weight is 385 g/mol. The molecule has 2 atom stereocenters. The van der Waals surface area contributed by atoms with Gasteiger partial charge in [-0.2, -0.15) is 0 Å². The molecule has 1 amide bonds. The van der Waals surface area contributed by atoms with Gasteiger partial charge < -0.3 is 14.9 Å². The highest BCUT2D eigenvalue weighted by Crippen LogP contribution is 2.41. The van der Waals surface area contributed by atoms with Crippen LogP contribution in [0.5, 0.6) is 0 Å². The Morgan fingerprint density at radius 1 is 1.22 bits per heavy atom. The molecule has 1 aliphatic heterocycles. The van der Waals surface area contributed by atoms with Crippen LogP contribution in [0.1, 0.15) is 41.0 Å². The maximum atomic E-state index is 12.8. The minimum atomic E-state index is -3.23. The van der Waals surface area contributed by atoms with E-state index in [1.54, 1.807) is 30.7 Å². The Balaban J connectivity index is 1.43. The van der Waals surface area contributed by atoms with Crippen molar-refractivity contribution < 1.29 is 13.2 Å². The van der Waals surface area contributed by atoms with E-state index in [9.17, 15) is 13.2 Å². The van der Waals surface area contributed by atoms with Crippen molar-refractivity contribution in [3.8, 4) is 0 Å². The fraction of sp³-hybridized carbons (Fsp3) is 0.389. The second-order valence-corrected chi connectivity index (χ2v) is 9.48. The first-order chi connectivity index (χ1) is 13.0. The van der Waals surface area contributed by atoms with Gasteiger partial charge in [-0.15, -0.1) is 0 Å². The number of hydrogen-bond donors (Lipinski definition) is 2. The number of aromatic amines is 1. The van der Waals surface area contributed by atoms with Crippen LogP contribution in [0.15, 0.2) is 36.9 Å². The summed E-state index contributed by atoms with van der Waals surface area (Å²) in [5.41, 5.74) is 2.02. The van der Waals surface area contributed by atoms with Gasteiger partial charge in [0.15, 0.2) is 9.84 Å². The molecule has 8 nitrogen and oxygen atoms in total. The number of rotatable bonds is 4. The molecule has 0 bridgehead atoms. The lowest BCUT2D eigenvalue weighted by Crippen LogP contribution is -2.41. The third kappa shape index (κ3) is 3.01. The highest BCUT2D eigenvalue weighted by molar-refractivity contribution is 7.91. The van der Waals surface area contributed by atoms with Crippen LogP contribution < -0.4 is 5.32 Å². The van der Waals surface area contributed by atoms with Gasteiger partial charge in [0.05, 0.1) is 41.0 Å². The zero-order chi connectivity index (χ0) is 18.6. The number of hydrogen-bond acceptors (Lipinski definition) is 5. The van der Waals surface area contributed by atoms with Crippen molar-refractivity contribution in [1.29, 1.82) is 0 Å². The molecule has 1 aromatic carbocycles. The van der Waals surface area contributed by atoms with Gasteiger partial charge in [0, 0.05) is 23.9 Å². The highest BCUT2D eigenvalue weighted by Gasteiger charge is 2.42. The molecule has 3 heterocycles. The molecule has 0 radical (unpaired) electrons. The summed E-state index contributed by atoms with van der Waals surface area (Å²) in [7, 11) is -3.23. The molecule has 1 aliphatic carbocycles. The number of H-pyrrole nitrogens is 1. The number of fused-ring (bicyclic) bond motifs is 1. The summed E-state index contributed by atoms with van der Waals surface area (Å²) in [5, 5.41) is 2.93. The first-order valence-electron chi connectivity index (χ1n) is 8.97. The van der Waals surface area contributed by atoms with E-state index in [1.165, 1.54) is 0 Å². The van der Waals surface area contributed by atoms with Gasteiger partial charge in [0.25, 0.3) is 5.91 Å². The van der Waals surface area contributed by atoms with Crippen molar-refractivity contribution in [2.75, 3.05) is 11.5 Å². The molecule has 0 spiro atoms. The van der Waals surface area contributed by atoms with Crippen LogP contribution in [0.4, 0.5) is 0 Å². The zero-order valence-corrected chi connectivity index (χ0v) is 15.3. The van der Waals surface area contributed by atoms with E-state index in [0.29, 0.717) is 11.5 Å². The van der Waals surface area contributed by atoms with Crippen molar-refractivity contribution in [3.63, 3.8) is 0 Å². The smallest absolute Gasteiger partial charge is 0.251 e. The topological polar surface area (TPSA) is 110 Å². The quantitative estimate of drug-likeness (QED) is 0.706. The molecule has 2 aromatic heterocycles. The van der Waals surface area contributed by atoms with Crippen molar-refractivity contribution in [3.05, 3.63) is 48.3 Å². The molecule has 1 saturated carbocycles. The number of carbonyl (C=O) groups is 1. The molecular weight excluding hydrogens is 366 g/mol. The second kappa shape index (κ2) is 5.91. The molecular formula is C18H19N5O3S. The van der Waals surface area contributed by atoms with Crippen LogP contribution in [0.25, 0.3) is 11.0 Å². The number of carbonyl (C=O) groups excluding carboxylic acids is 1. The maximum absolute atomic E-state index is 12.8. The summed E-state index contributed by atoms with van der Waals surface area (Å²) in [6, 6.07) is 4.39. The normalized spacial score (nSPS) is 24.3. The SMILES string of the molecule is O=C(N[C@H]1CS(=O)(=O)C[C@H]1n1ccnc1C1CC1)c1ccc2nc[nH]c2c1. The van der Waals surface area contributed by atoms with Crippen molar-refractivity contribution in [2.45, 2.75) is 30.8 Å². The van der Waals surface area contributed by atoms with Gasteiger partial charge in [-0.1, -0.05) is 0 Å². The van der Waals surface area contributed by atoms with Crippen LogP contribution in [0, 0.1) is 0 Å². The van der Waals surface area contributed by atoms with Crippen LogP contribution >= 0.6 is 0 Å². The lowest BCUT2D eigenvalue weighted by Gasteiger charge is -2.22. The number of nitrogens with one attached hydrogen (secondary N) is 2. The van der Waals surface area contributed by atoms with Crippen molar-refractivity contribution in [1.82, 2.24) is 24.8 Å². The minimum absolute atomic E-state index is 0.0214. The maximum Gasteiger partial charge on any atom is 0.251 e. The number of nitrogens with zero attached hydrogens (tertiary/aromatic N) is 3. The molecule has 27 heavy (non-hydrogen) atoms. The Labute approximate surface area is 155 Å². The van der Waals surface area contributed by atoms with Crippen LogP contribution in [0.2, 0.25) is 0 Å². The lowest BCUT2D eigenvalue weighted by molar-refractivity contribution is 0.0932. The summed E-state index contributed by atoms with van der Waals surface area (Å²) >= 11 is 0. The van der Waals surface area contributed by atoms with Crippen LogP contribution in [-0.2, 0) is 9.84 Å². The third-order valence-corrected chi connectivity index (χ3v) is 7.04. The fourth-order valence-corrected chi connectivity index (χ4v) is 5.73. The molecule has 2 fully saturated rings. The van der Waals surface area contributed by atoms with Gasteiger partial charge in [0.1, 0.15) is 5.82 Å². The van der Waals surface area contributed by atoms with E-state index in [2.05, 4.69) is 20.3 Å². The Hall–Kier alpha value is -2.68. The second-order valence-electron chi connectivity index (χ2n) is 7.33.